The molecule has 0 aromatic heterocycles. The van der Waals surface area contributed by atoms with E-state index in [1.165, 1.54) is 0 Å². The molecule has 0 N–H and O–H groups in total. The van der Waals surface area contributed by atoms with Gasteiger partial charge in [-0.25, -0.2) is 4.79 Å². The molecule has 124 valence electrons. The monoisotopic (exact) mass is 325 g/mol. The van der Waals surface area contributed by atoms with Gasteiger partial charge in [0.25, 0.3) is 5.91 Å². The number of fused-ring (bicyclic) bond motifs is 1. The summed E-state index contributed by atoms with van der Waals surface area (Å²) >= 11 is 0. The van der Waals surface area contributed by atoms with E-state index in [0.29, 0.717) is 17.9 Å². The van der Waals surface area contributed by atoms with Gasteiger partial charge in [-0.3, -0.25) is 4.79 Å². The van der Waals surface area contributed by atoms with Gasteiger partial charge in [-0.15, -0.1) is 0 Å². The number of hydrogen-bond acceptors (Lipinski definition) is 4. The highest BCUT2D eigenvalue weighted by Gasteiger charge is 2.23. The normalized spacial score (nSPS) is 13.1. The van der Waals surface area contributed by atoms with E-state index in [-0.39, 0.29) is 12.5 Å². The summed E-state index contributed by atoms with van der Waals surface area (Å²) in [5, 5.41) is 0. The molecule has 0 aliphatic carbocycles. The SMILES string of the molecule is COc1ccc(C(=O)OCC(=O)N2CCCc3ccccc32)cc1. The van der Waals surface area contributed by atoms with Crippen LogP contribution in [-0.2, 0) is 16.0 Å². The molecule has 1 heterocycles. The Labute approximate surface area is 140 Å². The lowest BCUT2D eigenvalue weighted by atomic mass is 10.0. The van der Waals surface area contributed by atoms with Crippen molar-refractivity contribution in [3.05, 3.63) is 59.7 Å². The second-order valence-electron chi connectivity index (χ2n) is 5.58. The number of amides is 1. The van der Waals surface area contributed by atoms with Crippen LogP contribution in [0.5, 0.6) is 5.75 Å². The zero-order valence-corrected chi connectivity index (χ0v) is 13.5. The first-order valence-electron chi connectivity index (χ1n) is 7.88. The number of carbonyl (C=O) groups is 2. The van der Waals surface area contributed by atoms with E-state index in [2.05, 4.69) is 0 Å². The minimum absolute atomic E-state index is 0.205. The molecule has 24 heavy (non-hydrogen) atoms. The van der Waals surface area contributed by atoms with E-state index in [9.17, 15) is 9.59 Å². The van der Waals surface area contributed by atoms with Crippen molar-refractivity contribution in [3.8, 4) is 5.75 Å². The average Bonchev–Trinajstić information content (AvgIpc) is 2.65. The van der Waals surface area contributed by atoms with Crippen LogP contribution in [0, 0.1) is 0 Å². The number of nitrogens with zero attached hydrogens (tertiary/aromatic N) is 1. The summed E-state index contributed by atoms with van der Waals surface area (Å²) in [7, 11) is 1.56. The molecule has 0 fully saturated rings. The average molecular weight is 325 g/mol. The molecule has 2 aromatic rings. The molecule has 0 unspecified atom stereocenters. The van der Waals surface area contributed by atoms with Gasteiger partial charge in [0, 0.05) is 12.2 Å². The lowest BCUT2D eigenvalue weighted by molar-refractivity contribution is -0.121. The molecule has 1 aliphatic heterocycles. The van der Waals surface area contributed by atoms with Crippen LogP contribution in [0.2, 0.25) is 0 Å². The van der Waals surface area contributed by atoms with E-state index < -0.39 is 5.97 Å². The van der Waals surface area contributed by atoms with Crippen molar-refractivity contribution in [1.82, 2.24) is 0 Å². The number of hydrogen-bond donors (Lipinski definition) is 0. The molecule has 5 nitrogen and oxygen atoms in total. The lowest BCUT2D eigenvalue weighted by Crippen LogP contribution is -2.38. The molecule has 5 heteroatoms. The Balaban J connectivity index is 1.62. The topological polar surface area (TPSA) is 55.8 Å². The Kier molecular flexibility index (Phi) is 4.79. The minimum Gasteiger partial charge on any atom is -0.497 e. The summed E-state index contributed by atoms with van der Waals surface area (Å²) in [6, 6.07) is 14.4. The Morgan fingerprint density at radius 2 is 1.83 bits per heavy atom. The Bertz CT molecular complexity index is 739. The van der Waals surface area contributed by atoms with Gasteiger partial charge in [0.05, 0.1) is 12.7 Å². The fourth-order valence-electron chi connectivity index (χ4n) is 2.81. The fraction of sp³-hybridized carbons (Fsp3) is 0.263. The highest BCUT2D eigenvalue weighted by atomic mass is 16.5. The molecule has 0 atom stereocenters. The van der Waals surface area contributed by atoms with Crippen molar-refractivity contribution in [3.63, 3.8) is 0 Å². The fourth-order valence-corrected chi connectivity index (χ4v) is 2.81. The first-order chi connectivity index (χ1) is 11.7. The quantitative estimate of drug-likeness (QED) is 0.811. The van der Waals surface area contributed by atoms with Gasteiger partial charge in [0.2, 0.25) is 0 Å². The summed E-state index contributed by atoms with van der Waals surface area (Å²) in [5.41, 5.74) is 2.45. The number of anilines is 1. The maximum Gasteiger partial charge on any atom is 0.338 e. The van der Waals surface area contributed by atoms with Crippen LogP contribution >= 0.6 is 0 Å². The number of carbonyl (C=O) groups excluding carboxylic acids is 2. The number of para-hydroxylation sites is 1. The van der Waals surface area contributed by atoms with Crippen LogP contribution in [0.15, 0.2) is 48.5 Å². The first-order valence-corrected chi connectivity index (χ1v) is 7.88. The van der Waals surface area contributed by atoms with Crippen LogP contribution in [0.3, 0.4) is 0 Å². The van der Waals surface area contributed by atoms with Gasteiger partial charge in [0.15, 0.2) is 6.61 Å². The summed E-state index contributed by atoms with van der Waals surface area (Å²) in [6.07, 6.45) is 1.88. The van der Waals surface area contributed by atoms with E-state index >= 15 is 0 Å². The molecule has 0 radical (unpaired) electrons. The van der Waals surface area contributed by atoms with Crippen molar-refractivity contribution < 1.29 is 19.1 Å². The van der Waals surface area contributed by atoms with Crippen LogP contribution in [-0.4, -0.2) is 32.1 Å². The van der Waals surface area contributed by atoms with Crippen molar-refractivity contribution in [2.75, 3.05) is 25.2 Å². The summed E-state index contributed by atoms with van der Waals surface area (Å²) in [5.74, 6) is -0.0622. The standard InChI is InChI=1S/C19H19NO4/c1-23-16-10-8-15(9-11-16)19(22)24-13-18(21)20-12-4-6-14-5-2-3-7-17(14)20/h2-3,5,7-11H,4,6,12-13H2,1H3. The molecule has 3 rings (SSSR count). The van der Waals surface area contributed by atoms with Gasteiger partial charge in [0.1, 0.15) is 5.75 Å². The second kappa shape index (κ2) is 7.17. The van der Waals surface area contributed by atoms with Gasteiger partial charge in [-0.2, -0.15) is 0 Å². The second-order valence-corrected chi connectivity index (χ2v) is 5.58. The van der Waals surface area contributed by atoms with Crippen molar-refractivity contribution in [2.24, 2.45) is 0 Å². The van der Waals surface area contributed by atoms with E-state index in [1.54, 1.807) is 36.3 Å². The van der Waals surface area contributed by atoms with E-state index in [4.69, 9.17) is 9.47 Å². The van der Waals surface area contributed by atoms with E-state index in [0.717, 1.165) is 24.1 Å². The zero-order chi connectivity index (χ0) is 16.9. The number of aryl methyl sites for hydroxylation is 1. The smallest absolute Gasteiger partial charge is 0.338 e. The molecule has 0 spiro atoms. The Hall–Kier alpha value is -2.82. The third kappa shape index (κ3) is 3.40. The third-order valence-corrected chi connectivity index (χ3v) is 4.06. The number of benzene rings is 2. The minimum atomic E-state index is -0.517. The molecule has 1 aliphatic rings. The molecule has 0 bridgehead atoms. The predicted molar refractivity (Wildman–Crippen MR) is 90.4 cm³/mol. The Morgan fingerprint density at radius 1 is 1.08 bits per heavy atom. The van der Waals surface area contributed by atoms with Gasteiger partial charge in [-0.05, 0) is 48.7 Å². The molecule has 0 saturated heterocycles. The molecule has 1 amide bonds. The van der Waals surface area contributed by atoms with Crippen LogP contribution in [0.4, 0.5) is 5.69 Å². The first kappa shape index (κ1) is 16.1. The summed E-state index contributed by atoms with van der Waals surface area (Å²) < 4.78 is 10.2. The number of methoxy groups -OCH3 is 1. The highest BCUT2D eigenvalue weighted by molar-refractivity contribution is 5.98. The maximum atomic E-state index is 12.4. The highest BCUT2D eigenvalue weighted by Crippen LogP contribution is 2.26. The zero-order valence-electron chi connectivity index (χ0n) is 13.5. The van der Waals surface area contributed by atoms with E-state index in [1.807, 2.05) is 24.3 Å². The van der Waals surface area contributed by atoms with Crippen LogP contribution in [0.25, 0.3) is 0 Å². The molecular weight excluding hydrogens is 306 g/mol. The predicted octanol–water partition coefficient (Wildman–Crippen LogP) is 2.83. The largest absolute Gasteiger partial charge is 0.497 e. The van der Waals surface area contributed by atoms with Crippen molar-refractivity contribution >= 4 is 17.6 Å². The summed E-state index contributed by atoms with van der Waals surface area (Å²) in [6.45, 7) is 0.384. The van der Waals surface area contributed by atoms with Gasteiger partial charge >= 0.3 is 5.97 Å². The van der Waals surface area contributed by atoms with Crippen molar-refractivity contribution in [2.45, 2.75) is 12.8 Å². The molecular formula is C19H19NO4. The molecule has 0 saturated carbocycles. The van der Waals surface area contributed by atoms with Gasteiger partial charge < -0.3 is 14.4 Å². The number of ether oxygens (including phenoxy) is 2. The third-order valence-electron chi connectivity index (χ3n) is 4.06. The number of rotatable bonds is 4. The maximum absolute atomic E-state index is 12.4. The summed E-state index contributed by atoms with van der Waals surface area (Å²) in [4.78, 5) is 26.2. The van der Waals surface area contributed by atoms with Crippen LogP contribution < -0.4 is 9.64 Å². The lowest BCUT2D eigenvalue weighted by Gasteiger charge is -2.29. The molecule has 2 aromatic carbocycles. The number of esters is 1. The Morgan fingerprint density at radius 3 is 2.58 bits per heavy atom. The van der Waals surface area contributed by atoms with Gasteiger partial charge in [-0.1, -0.05) is 18.2 Å². The van der Waals surface area contributed by atoms with Crippen LogP contribution in [0.1, 0.15) is 22.3 Å². The van der Waals surface area contributed by atoms with Crippen molar-refractivity contribution in [1.29, 1.82) is 0 Å².